The van der Waals surface area contributed by atoms with E-state index in [4.69, 9.17) is 4.74 Å². The molecule has 0 N–H and O–H groups in total. The lowest BCUT2D eigenvalue weighted by Crippen LogP contribution is -2.53. The molecule has 0 bridgehead atoms. The van der Waals surface area contributed by atoms with Crippen LogP contribution < -0.4 is 0 Å². The Morgan fingerprint density at radius 1 is 1.56 bits per heavy atom. The van der Waals surface area contributed by atoms with Gasteiger partial charge in [-0.25, -0.2) is 4.98 Å². The molecule has 0 spiro atoms. The molecule has 2 rings (SSSR count). The first-order chi connectivity index (χ1) is 8.50. The number of halogens is 1. The first kappa shape index (κ1) is 14.0. The molecule has 1 unspecified atom stereocenters. The fourth-order valence-corrected chi connectivity index (χ4v) is 2.90. The minimum absolute atomic E-state index is 0.0572. The Labute approximate surface area is 117 Å². The maximum absolute atomic E-state index is 6.00. The third kappa shape index (κ3) is 3.56. The van der Waals surface area contributed by atoms with Crippen LogP contribution in [0.15, 0.2) is 12.4 Å². The molecule has 1 atom stereocenters. The van der Waals surface area contributed by atoms with E-state index in [1.165, 1.54) is 0 Å². The van der Waals surface area contributed by atoms with Crippen LogP contribution in [-0.4, -0.2) is 51.1 Å². The van der Waals surface area contributed by atoms with Gasteiger partial charge in [0.05, 0.1) is 11.7 Å². The van der Waals surface area contributed by atoms with Crippen LogP contribution in [0.2, 0.25) is 0 Å². The number of alkyl halides is 1. The second-order valence-corrected chi connectivity index (χ2v) is 6.24. The standard InChI is InChI=1S/C13H22BrN3O/c1-13(2)10-17(9-11(8-14)18-13)6-4-12-15-5-7-16(12)3/h5,7,11H,4,6,8-10H2,1-3H3. The summed E-state index contributed by atoms with van der Waals surface area (Å²) in [4.78, 5) is 6.85. The summed E-state index contributed by atoms with van der Waals surface area (Å²) in [5.41, 5.74) is -0.0572. The molecule has 1 aromatic rings. The molecule has 0 aliphatic carbocycles. The number of ether oxygens (including phenoxy) is 1. The van der Waals surface area contributed by atoms with Gasteiger partial charge >= 0.3 is 0 Å². The highest BCUT2D eigenvalue weighted by Crippen LogP contribution is 2.22. The number of morpholine rings is 1. The Morgan fingerprint density at radius 3 is 2.94 bits per heavy atom. The van der Waals surface area contributed by atoms with Crippen LogP contribution in [-0.2, 0) is 18.2 Å². The third-order valence-corrected chi connectivity index (χ3v) is 4.02. The zero-order valence-corrected chi connectivity index (χ0v) is 13.0. The number of hydrogen-bond acceptors (Lipinski definition) is 3. The van der Waals surface area contributed by atoms with Crippen LogP contribution in [0, 0.1) is 0 Å². The van der Waals surface area contributed by atoms with Crippen molar-refractivity contribution in [1.29, 1.82) is 0 Å². The summed E-state index contributed by atoms with van der Waals surface area (Å²) in [6.45, 7) is 7.35. The van der Waals surface area contributed by atoms with Gasteiger partial charge in [-0.3, -0.25) is 4.90 Å². The number of aromatic nitrogens is 2. The molecule has 2 heterocycles. The van der Waals surface area contributed by atoms with E-state index in [2.05, 4.69) is 44.2 Å². The van der Waals surface area contributed by atoms with Crippen LogP contribution >= 0.6 is 15.9 Å². The largest absolute Gasteiger partial charge is 0.369 e. The lowest BCUT2D eigenvalue weighted by atomic mass is 10.1. The molecule has 1 saturated heterocycles. The van der Waals surface area contributed by atoms with Gasteiger partial charge in [-0.15, -0.1) is 0 Å². The van der Waals surface area contributed by atoms with Crippen molar-refractivity contribution in [2.45, 2.75) is 32.0 Å². The molecule has 1 aliphatic heterocycles. The molecule has 0 saturated carbocycles. The van der Waals surface area contributed by atoms with Crippen molar-refractivity contribution in [2.75, 3.05) is 25.0 Å². The van der Waals surface area contributed by atoms with E-state index in [0.29, 0.717) is 0 Å². The number of nitrogens with zero attached hydrogens (tertiary/aromatic N) is 3. The highest BCUT2D eigenvalue weighted by Gasteiger charge is 2.32. The van der Waals surface area contributed by atoms with E-state index in [0.717, 1.165) is 37.2 Å². The average molecular weight is 316 g/mol. The monoisotopic (exact) mass is 315 g/mol. The van der Waals surface area contributed by atoms with Crippen LogP contribution in [0.5, 0.6) is 0 Å². The zero-order chi connectivity index (χ0) is 13.2. The fraction of sp³-hybridized carbons (Fsp3) is 0.769. The zero-order valence-electron chi connectivity index (χ0n) is 11.4. The Morgan fingerprint density at radius 2 is 2.33 bits per heavy atom. The molecule has 102 valence electrons. The molecule has 1 aromatic heterocycles. The van der Waals surface area contributed by atoms with Gasteiger partial charge in [-0.2, -0.15) is 0 Å². The maximum atomic E-state index is 6.00. The molecule has 1 fully saturated rings. The molecule has 18 heavy (non-hydrogen) atoms. The summed E-state index contributed by atoms with van der Waals surface area (Å²) < 4.78 is 8.10. The fourth-order valence-electron chi connectivity index (χ4n) is 2.56. The van der Waals surface area contributed by atoms with Crippen molar-refractivity contribution < 1.29 is 4.74 Å². The Kier molecular flexibility index (Phi) is 4.45. The summed E-state index contributed by atoms with van der Waals surface area (Å²) in [6, 6.07) is 0. The maximum Gasteiger partial charge on any atom is 0.109 e. The van der Waals surface area contributed by atoms with E-state index in [9.17, 15) is 0 Å². The van der Waals surface area contributed by atoms with Crippen molar-refractivity contribution in [3.8, 4) is 0 Å². The van der Waals surface area contributed by atoms with E-state index in [1.807, 2.05) is 19.4 Å². The van der Waals surface area contributed by atoms with Gasteiger partial charge in [0.15, 0.2) is 0 Å². The molecule has 0 aromatic carbocycles. The Bertz CT molecular complexity index is 391. The SMILES string of the molecule is Cn1ccnc1CCN1CC(CBr)OC(C)(C)C1. The summed E-state index contributed by atoms with van der Waals surface area (Å²) in [5, 5.41) is 0.898. The van der Waals surface area contributed by atoms with Gasteiger partial charge in [0.2, 0.25) is 0 Å². The lowest BCUT2D eigenvalue weighted by molar-refractivity contribution is -0.126. The summed E-state index contributed by atoms with van der Waals surface area (Å²) in [5.74, 6) is 1.15. The first-order valence-electron chi connectivity index (χ1n) is 6.42. The first-order valence-corrected chi connectivity index (χ1v) is 7.55. The predicted octanol–water partition coefficient (Wildman–Crippen LogP) is 1.84. The van der Waals surface area contributed by atoms with Crippen LogP contribution in [0.3, 0.4) is 0 Å². The summed E-state index contributed by atoms with van der Waals surface area (Å²) in [7, 11) is 2.05. The Balaban J connectivity index is 1.90. The molecule has 4 nitrogen and oxygen atoms in total. The number of imidazole rings is 1. The van der Waals surface area contributed by atoms with Crippen LogP contribution in [0.4, 0.5) is 0 Å². The van der Waals surface area contributed by atoms with Gasteiger partial charge in [0.1, 0.15) is 5.82 Å². The number of hydrogen-bond donors (Lipinski definition) is 0. The molecular formula is C13H22BrN3O. The number of aryl methyl sites for hydroxylation is 1. The molecule has 5 heteroatoms. The topological polar surface area (TPSA) is 30.3 Å². The third-order valence-electron chi connectivity index (χ3n) is 3.30. The minimum atomic E-state index is -0.0572. The van der Waals surface area contributed by atoms with E-state index >= 15 is 0 Å². The second-order valence-electron chi connectivity index (χ2n) is 5.59. The van der Waals surface area contributed by atoms with E-state index < -0.39 is 0 Å². The van der Waals surface area contributed by atoms with Gasteiger partial charge in [-0.1, -0.05) is 15.9 Å². The van der Waals surface area contributed by atoms with Crippen LogP contribution in [0.25, 0.3) is 0 Å². The quantitative estimate of drug-likeness (QED) is 0.794. The normalized spacial score (nSPS) is 24.3. The van der Waals surface area contributed by atoms with Gasteiger partial charge in [0, 0.05) is 50.8 Å². The van der Waals surface area contributed by atoms with Gasteiger partial charge in [0.25, 0.3) is 0 Å². The summed E-state index contributed by atoms with van der Waals surface area (Å²) >= 11 is 3.52. The van der Waals surface area contributed by atoms with Crippen molar-refractivity contribution >= 4 is 15.9 Å². The molecule has 1 aliphatic rings. The van der Waals surface area contributed by atoms with Crippen molar-refractivity contribution in [3.63, 3.8) is 0 Å². The molecular weight excluding hydrogens is 294 g/mol. The highest BCUT2D eigenvalue weighted by atomic mass is 79.9. The second kappa shape index (κ2) is 5.72. The highest BCUT2D eigenvalue weighted by molar-refractivity contribution is 9.09. The van der Waals surface area contributed by atoms with Crippen molar-refractivity contribution in [1.82, 2.24) is 14.5 Å². The lowest BCUT2D eigenvalue weighted by Gasteiger charge is -2.42. The molecule has 0 amide bonds. The van der Waals surface area contributed by atoms with Gasteiger partial charge < -0.3 is 9.30 Å². The number of rotatable bonds is 4. The average Bonchev–Trinajstić information content (AvgIpc) is 2.70. The van der Waals surface area contributed by atoms with Crippen molar-refractivity contribution in [2.24, 2.45) is 7.05 Å². The predicted molar refractivity (Wildman–Crippen MR) is 76.1 cm³/mol. The summed E-state index contributed by atoms with van der Waals surface area (Å²) in [6.07, 6.45) is 5.14. The van der Waals surface area contributed by atoms with Crippen LogP contribution in [0.1, 0.15) is 19.7 Å². The van der Waals surface area contributed by atoms with E-state index in [-0.39, 0.29) is 11.7 Å². The smallest absolute Gasteiger partial charge is 0.109 e. The Hall–Kier alpha value is -0.390. The van der Waals surface area contributed by atoms with Crippen molar-refractivity contribution in [3.05, 3.63) is 18.2 Å². The minimum Gasteiger partial charge on any atom is -0.369 e. The molecule has 0 radical (unpaired) electrons. The van der Waals surface area contributed by atoms with Gasteiger partial charge in [-0.05, 0) is 13.8 Å². The van der Waals surface area contributed by atoms with E-state index in [1.54, 1.807) is 0 Å².